The van der Waals surface area contributed by atoms with Crippen LogP contribution in [0.5, 0.6) is 0 Å². The molecule has 0 heterocycles. The summed E-state index contributed by atoms with van der Waals surface area (Å²) in [4.78, 5) is 0. The highest BCUT2D eigenvalue weighted by Crippen LogP contribution is 2.31. The van der Waals surface area contributed by atoms with Crippen LogP contribution in [0.15, 0.2) is 0 Å². The van der Waals surface area contributed by atoms with Gasteiger partial charge < -0.3 is 5.32 Å². The van der Waals surface area contributed by atoms with Gasteiger partial charge in [0.05, 0.1) is 0 Å². The molecule has 0 aromatic rings. The van der Waals surface area contributed by atoms with Crippen LogP contribution in [0.4, 0.5) is 0 Å². The Balaban J connectivity index is 1.52. The molecule has 0 aromatic heterocycles. The highest BCUT2D eigenvalue weighted by molar-refractivity contribution is 4.76. The Bertz CT molecular complexity index is 123. The minimum absolute atomic E-state index is 0.873. The molecule has 2 aliphatic rings. The second kappa shape index (κ2) is 4.27. The fraction of sp³-hybridized carbons (Fsp3) is 1.00. The first kappa shape index (κ1) is 8.55. The van der Waals surface area contributed by atoms with Gasteiger partial charge in [-0.1, -0.05) is 32.1 Å². The number of nitrogens with one attached hydrogen (secondary N) is 1. The number of hydrogen-bond donors (Lipinski definition) is 1. The van der Waals surface area contributed by atoms with Crippen LogP contribution in [-0.2, 0) is 0 Å². The number of rotatable bonds is 4. The highest BCUT2D eigenvalue weighted by atomic mass is 14.9. The van der Waals surface area contributed by atoms with Crippen LogP contribution in [0, 0.1) is 5.92 Å². The van der Waals surface area contributed by atoms with Gasteiger partial charge in [0.15, 0.2) is 0 Å². The highest BCUT2D eigenvalue weighted by Gasteiger charge is 2.21. The quantitative estimate of drug-likeness (QED) is 0.679. The summed E-state index contributed by atoms with van der Waals surface area (Å²) in [7, 11) is 0. The normalized spacial score (nSPS) is 26.0. The van der Waals surface area contributed by atoms with Gasteiger partial charge in [-0.2, -0.15) is 0 Å². The molecule has 12 heavy (non-hydrogen) atoms. The van der Waals surface area contributed by atoms with Crippen molar-refractivity contribution >= 4 is 0 Å². The van der Waals surface area contributed by atoms with E-state index in [0.29, 0.717) is 0 Å². The van der Waals surface area contributed by atoms with Crippen LogP contribution < -0.4 is 5.32 Å². The molecule has 0 spiro atoms. The average molecular weight is 167 g/mol. The second-order valence-corrected chi connectivity index (χ2v) is 4.52. The Labute approximate surface area is 75.9 Å². The summed E-state index contributed by atoms with van der Waals surface area (Å²) in [5.74, 6) is 1.10. The molecule has 2 aliphatic carbocycles. The molecule has 70 valence electrons. The minimum atomic E-state index is 0.873. The predicted molar refractivity (Wildman–Crippen MR) is 52.2 cm³/mol. The van der Waals surface area contributed by atoms with Gasteiger partial charge in [-0.3, -0.25) is 0 Å². The standard InChI is InChI=1S/C11H21N/c1-2-4-11(5-3-1)12-9-8-10-6-7-10/h10-12H,1-9H2. The third-order valence-corrected chi connectivity index (χ3v) is 3.29. The Kier molecular flexibility index (Phi) is 3.04. The topological polar surface area (TPSA) is 12.0 Å². The van der Waals surface area contributed by atoms with E-state index in [1.54, 1.807) is 0 Å². The molecule has 0 unspecified atom stereocenters. The Morgan fingerprint density at radius 1 is 0.917 bits per heavy atom. The smallest absolute Gasteiger partial charge is 0.00670 e. The van der Waals surface area contributed by atoms with Crippen molar-refractivity contribution in [2.45, 2.75) is 57.4 Å². The molecule has 0 aromatic carbocycles. The largest absolute Gasteiger partial charge is 0.314 e. The van der Waals surface area contributed by atoms with Gasteiger partial charge >= 0.3 is 0 Å². The van der Waals surface area contributed by atoms with E-state index in [2.05, 4.69) is 5.32 Å². The van der Waals surface area contributed by atoms with E-state index in [-0.39, 0.29) is 0 Å². The predicted octanol–water partition coefficient (Wildman–Crippen LogP) is 2.71. The van der Waals surface area contributed by atoms with Gasteiger partial charge in [-0.15, -0.1) is 0 Å². The lowest BCUT2D eigenvalue weighted by atomic mass is 9.95. The summed E-state index contributed by atoms with van der Waals surface area (Å²) in [6.45, 7) is 1.29. The van der Waals surface area contributed by atoms with Gasteiger partial charge in [0.25, 0.3) is 0 Å². The average Bonchev–Trinajstić information content (AvgIpc) is 2.90. The molecule has 0 saturated heterocycles. The lowest BCUT2D eigenvalue weighted by Crippen LogP contribution is -2.31. The van der Waals surface area contributed by atoms with Crippen LogP contribution in [0.1, 0.15) is 51.4 Å². The van der Waals surface area contributed by atoms with Crippen molar-refractivity contribution in [3.63, 3.8) is 0 Å². The Morgan fingerprint density at radius 3 is 2.33 bits per heavy atom. The van der Waals surface area contributed by atoms with Crippen molar-refractivity contribution in [2.24, 2.45) is 5.92 Å². The monoisotopic (exact) mass is 167 g/mol. The molecule has 1 N–H and O–H groups in total. The zero-order valence-corrected chi connectivity index (χ0v) is 8.02. The first-order chi connectivity index (χ1) is 5.95. The first-order valence-corrected chi connectivity index (χ1v) is 5.68. The van der Waals surface area contributed by atoms with Crippen LogP contribution in [0.3, 0.4) is 0 Å². The van der Waals surface area contributed by atoms with Crippen molar-refractivity contribution in [1.82, 2.24) is 5.32 Å². The van der Waals surface area contributed by atoms with Crippen LogP contribution in [0.2, 0.25) is 0 Å². The van der Waals surface area contributed by atoms with Gasteiger partial charge in [0, 0.05) is 6.04 Å². The molecule has 0 radical (unpaired) electrons. The van der Waals surface area contributed by atoms with Gasteiger partial charge in [0.1, 0.15) is 0 Å². The molecular formula is C11H21N. The van der Waals surface area contributed by atoms with Crippen molar-refractivity contribution < 1.29 is 0 Å². The van der Waals surface area contributed by atoms with Gasteiger partial charge in [0.2, 0.25) is 0 Å². The van der Waals surface area contributed by atoms with Crippen LogP contribution in [0.25, 0.3) is 0 Å². The van der Waals surface area contributed by atoms with Gasteiger partial charge in [-0.25, -0.2) is 0 Å². The lowest BCUT2D eigenvalue weighted by molar-refractivity contribution is 0.369. The zero-order chi connectivity index (χ0) is 8.23. The molecule has 2 rings (SSSR count). The summed E-state index contributed by atoms with van der Waals surface area (Å²) < 4.78 is 0. The molecule has 2 fully saturated rings. The molecule has 0 bridgehead atoms. The third-order valence-electron chi connectivity index (χ3n) is 3.29. The van der Waals surface area contributed by atoms with E-state index < -0.39 is 0 Å². The molecular weight excluding hydrogens is 146 g/mol. The van der Waals surface area contributed by atoms with Crippen molar-refractivity contribution in [2.75, 3.05) is 6.54 Å². The van der Waals surface area contributed by atoms with E-state index >= 15 is 0 Å². The first-order valence-electron chi connectivity index (χ1n) is 5.68. The van der Waals surface area contributed by atoms with Crippen molar-refractivity contribution in [3.8, 4) is 0 Å². The summed E-state index contributed by atoms with van der Waals surface area (Å²) >= 11 is 0. The maximum absolute atomic E-state index is 3.69. The van der Waals surface area contributed by atoms with E-state index in [4.69, 9.17) is 0 Å². The van der Waals surface area contributed by atoms with Crippen molar-refractivity contribution in [1.29, 1.82) is 0 Å². The fourth-order valence-electron chi connectivity index (χ4n) is 2.20. The lowest BCUT2D eigenvalue weighted by Gasteiger charge is -2.22. The van der Waals surface area contributed by atoms with E-state index in [0.717, 1.165) is 12.0 Å². The molecule has 0 atom stereocenters. The second-order valence-electron chi connectivity index (χ2n) is 4.52. The molecule has 0 amide bonds. The zero-order valence-electron chi connectivity index (χ0n) is 8.02. The molecule has 1 heteroatoms. The van der Waals surface area contributed by atoms with Crippen LogP contribution >= 0.6 is 0 Å². The van der Waals surface area contributed by atoms with Crippen LogP contribution in [-0.4, -0.2) is 12.6 Å². The Hall–Kier alpha value is -0.0400. The van der Waals surface area contributed by atoms with E-state index in [9.17, 15) is 0 Å². The summed E-state index contributed by atoms with van der Waals surface area (Å²) in [6.07, 6.45) is 11.7. The molecule has 0 aliphatic heterocycles. The third kappa shape index (κ3) is 2.78. The summed E-state index contributed by atoms with van der Waals surface area (Å²) in [5.41, 5.74) is 0. The maximum Gasteiger partial charge on any atom is 0.00670 e. The van der Waals surface area contributed by atoms with E-state index in [1.807, 2.05) is 0 Å². The minimum Gasteiger partial charge on any atom is -0.314 e. The summed E-state index contributed by atoms with van der Waals surface area (Å²) in [6, 6.07) is 0.873. The fourth-order valence-corrected chi connectivity index (χ4v) is 2.20. The van der Waals surface area contributed by atoms with E-state index in [1.165, 1.54) is 57.9 Å². The summed E-state index contributed by atoms with van der Waals surface area (Å²) in [5, 5.41) is 3.69. The molecule has 1 nitrogen and oxygen atoms in total. The maximum atomic E-state index is 3.69. The number of hydrogen-bond acceptors (Lipinski definition) is 1. The molecule has 2 saturated carbocycles. The van der Waals surface area contributed by atoms with Gasteiger partial charge in [-0.05, 0) is 31.7 Å². The van der Waals surface area contributed by atoms with Crippen molar-refractivity contribution in [3.05, 3.63) is 0 Å². The SMILES string of the molecule is C1CCC(NCCC2CC2)CC1. The Morgan fingerprint density at radius 2 is 1.67 bits per heavy atom.